The van der Waals surface area contributed by atoms with Crippen molar-refractivity contribution < 1.29 is 4.79 Å². The fourth-order valence-electron chi connectivity index (χ4n) is 4.68. The fourth-order valence-corrected chi connectivity index (χ4v) is 6.15. The van der Waals surface area contributed by atoms with E-state index in [1.54, 1.807) is 29.0 Å². The summed E-state index contributed by atoms with van der Waals surface area (Å²) in [6, 6.07) is 2.05. The van der Waals surface area contributed by atoms with E-state index in [2.05, 4.69) is 41.6 Å². The van der Waals surface area contributed by atoms with E-state index in [1.807, 2.05) is 6.92 Å². The normalized spacial score (nSPS) is 23.1. The number of amides is 1. The highest BCUT2D eigenvalue weighted by molar-refractivity contribution is 7.17. The molecule has 2 aliphatic rings. The molecule has 1 spiro atoms. The largest absolute Gasteiger partial charge is 0.355 e. The highest BCUT2D eigenvalue weighted by Gasteiger charge is 2.46. The molecule has 2 aliphatic heterocycles. The minimum absolute atomic E-state index is 0.0368. The second kappa shape index (κ2) is 7.08. The van der Waals surface area contributed by atoms with Crippen LogP contribution >= 0.6 is 22.7 Å². The number of thiophene rings is 1. The summed E-state index contributed by atoms with van der Waals surface area (Å²) in [6.07, 6.45) is 6.39. The van der Waals surface area contributed by atoms with E-state index < -0.39 is 0 Å². The molecule has 5 heterocycles. The second-order valence-electron chi connectivity index (χ2n) is 7.73. The third-order valence-corrected chi connectivity index (χ3v) is 7.83. The van der Waals surface area contributed by atoms with E-state index in [0.717, 1.165) is 65.5 Å². The van der Waals surface area contributed by atoms with Crippen LogP contribution < -0.4 is 4.90 Å². The number of hydrogen-bond donors (Lipinski definition) is 0. The van der Waals surface area contributed by atoms with E-state index in [4.69, 9.17) is 0 Å². The van der Waals surface area contributed by atoms with Gasteiger partial charge < -0.3 is 9.80 Å². The fraction of sp³-hybridized carbons (Fsp3) is 0.500. The summed E-state index contributed by atoms with van der Waals surface area (Å²) in [5, 5.41) is 5.23. The third kappa shape index (κ3) is 3.08. The molecular weight excluding hydrogens is 390 g/mol. The van der Waals surface area contributed by atoms with Crippen LogP contribution in [-0.4, -0.2) is 44.4 Å². The number of carbonyl (C=O) groups excluding carboxylic acids is 1. The zero-order chi connectivity index (χ0) is 19.1. The first-order valence-electron chi connectivity index (χ1n) is 9.79. The first-order valence-corrected chi connectivity index (χ1v) is 11.6. The number of rotatable bonds is 3. The number of likely N-dealkylation sites (tertiary alicyclic amines) is 1. The number of carbonyl (C=O) groups is 1. The van der Waals surface area contributed by atoms with Crippen molar-refractivity contribution in [1.82, 2.24) is 19.9 Å². The molecule has 3 aromatic rings. The summed E-state index contributed by atoms with van der Waals surface area (Å²) in [5.41, 5.74) is 2.00. The van der Waals surface area contributed by atoms with Crippen molar-refractivity contribution in [2.75, 3.05) is 18.0 Å². The number of anilines is 1. The lowest BCUT2D eigenvalue weighted by atomic mass is 9.87. The standard InChI is InChI=1S/C20H23N5OS2/c1-14-23-15(12-28-14)11-25-17(26)3-6-20(25)5-2-8-24(9-7-20)19-18-16(4-10-27-18)21-13-22-19/h4,10,12-13H,2-3,5-9,11H2,1H3/t20-/m1/s1. The van der Waals surface area contributed by atoms with Crippen molar-refractivity contribution in [2.45, 2.75) is 51.1 Å². The molecule has 0 unspecified atom stereocenters. The predicted octanol–water partition coefficient (Wildman–Crippen LogP) is 4.01. The molecule has 0 aromatic carbocycles. The Bertz CT molecular complexity index is 1010. The van der Waals surface area contributed by atoms with E-state index in [9.17, 15) is 4.79 Å². The highest BCUT2D eigenvalue weighted by atomic mass is 32.1. The molecule has 146 valence electrons. The molecule has 2 fully saturated rings. The van der Waals surface area contributed by atoms with Gasteiger partial charge in [-0.1, -0.05) is 0 Å². The van der Waals surface area contributed by atoms with Crippen molar-refractivity contribution in [3.05, 3.63) is 33.9 Å². The Labute approximate surface area is 172 Å². The molecule has 1 amide bonds. The number of thiazole rings is 1. The van der Waals surface area contributed by atoms with Gasteiger partial charge in [0.25, 0.3) is 0 Å². The van der Waals surface area contributed by atoms with Gasteiger partial charge in [0.1, 0.15) is 12.1 Å². The minimum atomic E-state index is -0.0368. The van der Waals surface area contributed by atoms with Crippen molar-refractivity contribution in [1.29, 1.82) is 0 Å². The van der Waals surface area contributed by atoms with Gasteiger partial charge in [-0.15, -0.1) is 22.7 Å². The van der Waals surface area contributed by atoms with Gasteiger partial charge >= 0.3 is 0 Å². The van der Waals surface area contributed by atoms with Crippen molar-refractivity contribution >= 4 is 44.6 Å². The smallest absolute Gasteiger partial charge is 0.223 e. The van der Waals surface area contributed by atoms with Crippen LogP contribution in [0.1, 0.15) is 42.8 Å². The van der Waals surface area contributed by atoms with Gasteiger partial charge in [-0.05, 0) is 44.1 Å². The molecule has 0 bridgehead atoms. The molecular formula is C20H23N5OS2. The van der Waals surface area contributed by atoms with Crippen LogP contribution in [0.2, 0.25) is 0 Å². The lowest BCUT2D eigenvalue weighted by molar-refractivity contribution is -0.132. The van der Waals surface area contributed by atoms with Gasteiger partial charge in [0, 0.05) is 30.4 Å². The van der Waals surface area contributed by atoms with Crippen molar-refractivity contribution in [3.8, 4) is 0 Å². The first-order chi connectivity index (χ1) is 13.6. The van der Waals surface area contributed by atoms with E-state index >= 15 is 0 Å². The highest BCUT2D eigenvalue weighted by Crippen LogP contribution is 2.41. The lowest BCUT2D eigenvalue weighted by Crippen LogP contribution is -2.46. The Morgan fingerprint density at radius 3 is 2.96 bits per heavy atom. The zero-order valence-electron chi connectivity index (χ0n) is 15.9. The molecule has 0 aliphatic carbocycles. The molecule has 28 heavy (non-hydrogen) atoms. The SMILES string of the molecule is Cc1nc(CN2C(=O)CC[C@@]23CCCN(c2ncnc4ccsc24)CC3)cs1. The quantitative estimate of drug-likeness (QED) is 0.649. The summed E-state index contributed by atoms with van der Waals surface area (Å²) in [6.45, 7) is 4.56. The summed E-state index contributed by atoms with van der Waals surface area (Å²) in [7, 11) is 0. The maximum absolute atomic E-state index is 12.7. The van der Waals surface area contributed by atoms with E-state index in [1.165, 1.54) is 0 Å². The van der Waals surface area contributed by atoms with Gasteiger partial charge in [-0.3, -0.25) is 4.79 Å². The maximum Gasteiger partial charge on any atom is 0.223 e. The third-order valence-electron chi connectivity index (χ3n) is 6.11. The molecule has 8 heteroatoms. The van der Waals surface area contributed by atoms with Gasteiger partial charge in [0.2, 0.25) is 5.91 Å². The van der Waals surface area contributed by atoms with Crippen molar-refractivity contribution in [2.24, 2.45) is 0 Å². The number of aromatic nitrogens is 3. The molecule has 0 N–H and O–H groups in total. The first kappa shape index (κ1) is 18.0. The zero-order valence-corrected chi connectivity index (χ0v) is 17.6. The average Bonchev–Trinajstić information content (AvgIpc) is 3.36. The van der Waals surface area contributed by atoms with Crippen molar-refractivity contribution in [3.63, 3.8) is 0 Å². The Balaban J connectivity index is 1.39. The number of aryl methyl sites for hydroxylation is 1. The van der Waals surface area contributed by atoms with Gasteiger partial charge in [-0.25, -0.2) is 15.0 Å². The Morgan fingerprint density at radius 1 is 1.18 bits per heavy atom. The molecule has 2 saturated heterocycles. The Kier molecular flexibility index (Phi) is 4.55. The van der Waals surface area contributed by atoms with Crippen LogP contribution in [0.5, 0.6) is 0 Å². The van der Waals surface area contributed by atoms with E-state index in [-0.39, 0.29) is 11.4 Å². The van der Waals surface area contributed by atoms with Crippen LogP contribution in [0.25, 0.3) is 10.2 Å². The summed E-state index contributed by atoms with van der Waals surface area (Å²) in [4.78, 5) is 30.8. The Hall–Kier alpha value is -2.06. The number of hydrogen-bond acceptors (Lipinski definition) is 7. The topological polar surface area (TPSA) is 62.2 Å². The van der Waals surface area contributed by atoms with Crippen LogP contribution in [0.4, 0.5) is 5.82 Å². The van der Waals surface area contributed by atoms with Gasteiger partial charge in [0.15, 0.2) is 0 Å². The molecule has 3 aromatic heterocycles. The monoisotopic (exact) mass is 413 g/mol. The van der Waals surface area contributed by atoms with Crippen LogP contribution in [0.15, 0.2) is 23.2 Å². The number of fused-ring (bicyclic) bond motifs is 1. The van der Waals surface area contributed by atoms with Crippen LogP contribution in [0.3, 0.4) is 0 Å². The molecule has 6 nitrogen and oxygen atoms in total. The van der Waals surface area contributed by atoms with Gasteiger partial charge in [0.05, 0.1) is 27.5 Å². The average molecular weight is 414 g/mol. The van der Waals surface area contributed by atoms with Crippen LogP contribution in [-0.2, 0) is 11.3 Å². The summed E-state index contributed by atoms with van der Waals surface area (Å²) >= 11 is 3.36. The predicted molar refractivity (Wildman–Crippen MR) is 113 cm³/mol. The van der Waals surface area contributed by atoms with E-state index in [0.29, 0.717) is 13.0 Å². The molecule has 0 saturated carbocycles. The van der Waals surface area contributed by atoms with Gasteiger partial charge in [-0.2, -0.15) is 0 Å². The minimum Gasteiger partial charge on any atom is -0.355 e. The molecule has 1 atom stereocenters. The lowest BCUT2D eigenvalue weighted by Gasteiger charge is -2.38. The second-order valence-corrected chi connectivity index (χ2v) is 9.71. The maximum atomic E-state index is 12.7. The summed E-state index contributed by atoms with van der Waals surface area (Å²) in [5.74, 6) is 1.32. The number of nitrogens with zero attached hydrogens (tertiary/aromatic N) is 5. The Morgan fingerprint density at radius 2 is 2.11 bits per heavy atom. The summed E-state index contributed by atoms with van der Waals surface area (Å²) < 4.78 is 1.16. The molecule has 5 rings (SSSR count). The van der Waals surface area contributed by atoms with Crippen LogP contribution in [0, 0.1) is 6.92 Å². The molecule has 0 radical (unpaired) electrons.